The zero-order valence-electron chi connectivity index (χ0n) is 10.4. The summed E-state index contributed by atoms with van der Waals surface area (Å²) in [6.07, 6.45) is 1.07. The molecule has 1 N–H and O–H groups in total. The van der Waals surface area contributed by atoms with Crippen LogP contribution in [0.3, 0.4) is 0 Å². The van der Waals surface area contributed by atoms with Crippen molar-refractivity contribution in [2.75, 3.05) is 7.05 Å². The van der Waals surface area contributed by atoms with E-state index in [1.807, 2.05) is 18.2 Å². The van der Waals surface area contributed by atoms with Crippen LogP contribution < -0.4 is 0 Å². The number of carbonyl (C=O) groups is 1. The van der Waals surface area contributed by atoms with Crippen molar-refractivity contribution in [3.8, 4) is 0 Å². The highest BCUT2D eigenvalue weighted by Gasteiger charge is 2.32. The first-order valence-corrected chi connectivity index (χ1v) is 6.46. The molecule has 0 spiro atoms. The van der Waals surface area contributed by atoms with Crippen molar-refractivity contribution >= 4 is 35.6 Å². The van der Waals surface area contributed by atoms with E-state index in [-0.39, 0.29) is 5.91 Å². The first-order valence-electron chi connectivity index (χ1n) is 5.27. The Kier molecular flexibility index (Phi) is 5.04. The number of hydrogen-bond donors (Lipinski definition) is 1. The number of rotatable bonds is 4. The maximum absolute atomic E-state index is 12.1. The zero-order chi connectivity index (χ0) is 13.8. The van der Waals surface area contributed by atoms with Gasteiger partial charge in [-0.2, -0.15) is 0 Å². The summed E-state index contributed by atoms with van der Waals surface area (Å²) >= 11 is 7.43. The average Bonchev–Trinajstić information content (AvgIpc) is 2.31. The molecule has 0 aliphatic carbocycles. The lowest BCUT2D eigenvalue weighted by molar-refractivity contribution is -0.127. The number of thioether (sulfide) groups is 1. The van der Waals surface area contributed by atoms with Crippen LogP contribution in [0.2, 0.25) is 5.02 Å². The number of hydrogen-bond acceptors (Lipinski definition) is 4. The molecule has 6 heteroatoms. The van der Waals surface area contributed by atoms with E-state index >= 15 is 0 Å². The summed E-state index contributed by atoms with van der Waals surface area (Å²) < 4.78 is -0.707. The Morgan fingerprint density at radius 3 is 2.67 bits per heavy atom. The fourth-order valence-electron chi connectivity index (χ4n) is 1.40. The minimum atomic E-state index is -0.707. The van der Waals surface area contributed by atoms with Gasteiger partial charge in [-0.25, -0.2) is 0 Å². The number of nitrogens with zero attached hydrogens (tertiary/aromatic N) is 2. The Morgan fingerprint density at radius 1 is 1.50 bits per heavy atom. The van der Waals surface area contributed by atoms with E-state index in [4.69, 9.17) is 16.8 Å². The molecule has 98 valence electrons. The van der Waals surface area contributed by atoms with Crippen molar-refractivity contribution in [1.82, 2.24) is 4.90 Å². The molecule has 0 aliphatic heterocycles. The van der Waals surface area contributed by atoms with E-state index in [2.05, 4.69) is 5.16 Å². The second-order valence-electron chi connectivity index (χ2n) is 4.19. The largest absolute Gasteiger partial charge is 0.410 e. The molecule has 0 atom stereocenters. The first kappa shape index (κ1) is 14.9. The zero-order valence-corrected chi connectivity index (χ0v) is 12.0. The number of oxime groups is 1. The molecule has 0 heterocycles. The van der Waals surface area contributed by atoms with Gasteiger partial charge in [-0.15, -0.1) is 11.8 Å². The van der Waals surface area contributed by atoms with Gasteiger partial charge < -0.3 is 10.1 Å². The molecule has 1 rings (SSSR count). The minimum absolute atomic E-state index is 0.176. The Morgan fingerprint density at radius 2 is 2.11 bits per heavy atom. The molecule has 0 fully saturated rings. The van der Waals surface area contributed by atoms with Gasteiger partial charge in [-0.3, -0.25) is 4.79 Å². The third-order valence-electron chi connectivity index (χ3n) is 2.26. The summed E-state index contributed by atoms with van der Waals surface area (Å²) in [4.78, 5) is 14.2. The molecule has 0 radical (unpaired) electrons. The van der Waals surface area contributed by atoms with Gasteiger partial charge in [-0.1, -0.05) is 28.9 Å². The topological polar surface area (TPSA) is 52.9 Å². The molecule has 1 amide bonds. The van der Waals surface area contributed by atoms with Crippen molar-refractivity contribution in [1.29, 1.82) is 0 Å². The highest BCUT2D eigenvalue weighted by Crippen LogP contribution is 2.37. The third-order valence-corrected chi connectivity index (χ3v) is 3.96. The highest BCUT2D eigenvalue weighted by molar-refractivity contribution is 8.01. The van der Waals surface area contributed by atoms with Crippen molar-refractivity contribution < 1.29 is 10.0 Å². The van der Waals surface area contributed by atoms with E-state index in [0.717, 1.165) is 11.2 Å². The van der Waals surface area contributed by atoms with Gasteiger partial charge in [0.05, 0.1) is 9.77 Å². The van der Waals surface area contributed by atoms with Crippen LogP contribution in [0.1, 0.15) is 13.8 Å². The number of amides is 1. The fourth-order valence-corrected chi connectivity index (χ4v) is 2.75. The van der Waals surface area contributed by atoms with Crippen LogP contribution in [0.15, 0.2) is 34.3 Å². The van der Waals surface area contributed by atoms with Crippen LogP contribution in [0.5, 0.6) is 0 Å². The molecular formula is C12H15ClN2O2S. The van der Waals surface area contributed by atoms with E-state index in [1.54, 1.807) is 19.9 Å². The summed E-state index contributed by atoms with van der Waals surface area (Å²) in [5.41, 5.74) is 0. The third kappa shape index (κ3) is 3.65. The molecule has 0 aliphatic rings. The van der Waals surface area contributed by atoms with Gasteiger partial charge >= 0.3 is 0 Å². The molecule has 4 nitrogen and oxygen atoms in total. The minimum Gasteiger partial charge on any atom is -0.410 e. The number of halogens is 1. The highest BCUT2D eigenvalue weighted by atomic mass is 35.5. The van der Waals surface area contributed by atoms with Gasteiger partial charge in [-0.05, 0) is 26.0 Å². The summed E-state index contributed by atoms with van der Waals surface area (Å²) in [5, 5.41) is 11.9. The lowest BCUT2D eigenvalue weighted by atomic mass is 10.2. The van der Waals surface area contributed by atoms with Crippen LogP contribution in [0.4, 0.5) is 0 Å². The maximum Gasteiger partial charge on any atom is 0.243 e. The molecule has 1 aromatic carbocycles. The van der Waals surface area contributed by atoms with Gasteiger partial charge in [0, 0.05) is 11.9 Å². The van der Waals surface area contributed by atoms with E-state index in [0.29, 0.717) is 5.02 Å². The van der Waals surface area contributed by atoms with E-state index < -0.39 is 4.75 Å². The van der Waals surface area contributed by atoms with Crippen LogP contribution in [0, 0.1) is 0 Å². The van der Waals surface area contributed by atoms with Gasteiger partial charge in [0.25, 0.3) is 0 Å². The Balaban J connectivity index is 2.88. The lowest BCUT2D eigenvalue weighted by Crippen LogP contribution is -2.40. The van der Waals surface area contributed by atoms with E-state index in [1.165, 1.54) is 23.7 Å². The molecule has 0 saturated carbocycles. The van der Waals surface area contributed by atoms with Crippen molar-refractivity contribution in [3.63, 3.8) is 0 Å². The first-order chi connectivity index (χ1) is 8.38. The molecule has 0 aromatic heterocycles. The Hall–Kier alpha value is -1.20. The number of benzene rings is 1. The molecule has 0 unspecified atom stereocenters. The SMILES string of the molecule is CN(C=NO)C(=O)C(C)(C)Sc1ccccc1Cl. The van der Waals surface area contributed by atoms with Crippen molar-refractivity contribution in [3.05, 3.63) is 29.3 Å². The maximum atomic E-state index is 12.1. The molecule has 1 aromatic rings. The number of carbonyl (C=O) groups excluding carboxylic acids is 1. The summed E-state index contributed by atoms with van der Waals surface area (Å²) in [7, 11) is 1.54. The predicted octanol–water partition coefficient (Wildman–Crippen LogP) is 3.09. The summed E-state index contributed by atoms with van der Waals surface area (Å²) in [6.45, 7) is 3.59. The van der Waals surface area contributed by atoms with Gasteiger partial charge in [0.2, 0.25) is 5.91 Å². The molecule has 0 bridgehead atoms. The van der Waals surface area contributed by atoms with Crippen molar-refractivity contribution in [2.24, 2.45) is 5.16 Å². The second-order valence-corrected chi connectivity index (χ2v) is 6.26. The predicted molar refractivity (Wildman–Crippen MR) is 74.4 cm³/mol. The van der Waals surface area contributed by atoms with Crippen LogP contribution in [-0.4, -0.2) is 34.1 Å². The van der Waals surface area contributed by atoms with Crippen LogP contribution in [-0.2, 0) is 4.79 Å². The molecular weight excluding hydrogens is 272 g/mol. The summed E-state index contributed by atoms with van der Waals surface area (Å²) in [5.74, 6) is -0.176. The van der Waals surface area contributed by atoms with E-state index in [9.17, 15) is 4.79 Å². The van der Waals surface area contributed by atoms with Crippen LogP contribution >= 0.6 is 23.4 Å². The monoisotopic (exact) mass is 286 g/mol. The normalized spacial score (nSPS) is 11.8. The fraction of sp³-hybridized carbons (Fsp3) is 0.333. The average molecular weight is 287 g/mol. The summed E-state index contributed by atoms with van der Waals surface area (Å²) in [6, 6.07) is 7.35. The van der Waals surface area contributed by atoms with Crippen molar-refractivity contribution in [2.45, 2.75) is 23.5 Å². The molecule has 18 heavy (non-hydrogen) atoms. The molecule has 0 saturated heterocycles. The smallest absolute Gasteiger partial charge is 0.243 e. The Bertz CT molecular complexity index is 463. The Labute approximate surface area is 116 Å². The van der Waals surface area contributed by atoms with Gasteiger partial charge in [0.1, 0.15) is 6.34 Å². The van der Waals surface area contributed by atoms with Crippen LogP contribution in [0.25, 0.3) is 0 Å². The quantitative estimate of drug-likeness (QED) is 0.304. The second kappa shape index (κ2) is 6.11. The van der Waals surface area contributed by atoms with Gasteiger partial charge in [0.15, 0.2) is 0 Å². The standard InChI is InChI=1S/C12H15ClN2O2S/c1-12(2,11(16)15(3)8-14-17)18-10-7-5-4-6-9(10)13/h4-8,17H,1-3H3. The lowest BCUT2D eigenvalue weighted by Gasteiger charge is -2.26.